The molecule has 0 amide bonds. The number of hydrogen-bond acceptors (Lipinski definition) is 2. The Labute approximate surface area is 205 Å². The van der Waals surface area contributed by atoms with Crippen molar-refractivity contribution in [2.45, 2.75) is 105 Å². The summed E-state index contributed by atoms with van der Waals surface area (Å²) in [6.45, 7) is 28.0. The lowest BCUT2D eigenvalue weighted by atomic mass is 9.59. The average molecular weight is 456 g/mol. The van der Waals surface area contributed by atoms with Crippen LogP contribution in [0.5, 0.6) is 0 Å². The molecule has 4 aromatic rings. The van der Waals surface area contributed by atoms with Gasteiger partial charge in [-0.25, -0.2) is 9.97 Å². The number of fused-ring (bicyclic) bond motifs is 6. The highest BCUT2D eigenvalue weighted by Crippen LogP contribution is 2.62. The highest BCUT2D eigenvalue weighted by Gasteiger charge is 2.57. The van der Waals surface area contributed by atoms with E-state index in [9.17, 15) is 0 Å². The molecule has 0 unspecified atom stereocenters. The molecule has 0 bridgehead atoms. The first-order valence-corrected chi connectivity index (χ1v) is 12.7. The Hall–Kier alpha value is -2.42. The van der Waals surface area contributed by atoms with E-state index in [4.69, 9.17) is 9.97 Å². The number of imidazole rings is 1. The number of aromatic nitrogens is 3. The minimum Gasteiger partial charge on any atom is -0.279 e. The van der Waals surface area contributed by atoms with Gasteiger partial charge >= 0.3 is 0 Å². The zero-order chi connectivity index (χ0) is 25.2. The molecule has 0 N–H and O–H groups in total. The maximum Gasteiger partial charge on any atom is 0.148 e. The van der Waals surface area contributed by atoms with Gasteiger partial charge in [0.05, 0.1) is 16.6 Å². The third kappa shape index (κ3) is 2.82. The van der Waals surface area contributed by atoms with Crippen LogP contribution in [0.4, 0.5) is 0 Å². The van der Waals surface area contributed by atoms with Crippen LogP contribution in [0, 0.1) is 5.41 Å². The molecule has 1 aliphatic rings. The second kappa shape index (κ2) is 6.42. The molecular weight excluding hydrogens is 414 g/mol. The molecule has 0 saturated heterocycles. The smallest absolute Gasteiger partial charge is 0.148 e. The van der Waals surface area contributed by atoms with Crippen molar-refractivity contribution in [3.63, 3.8) is 0 Å². The third-order valence-corrected chi connectivity index (χ3v) is 9.48. The minimum absolute atomic E-state index is 0.0535. The lowest BCUT2D eigenvalue weighted by Gasteiger charge is -2.44. The van der Waals surface area contributed by atoms with E-state index in [1.54, 1.807) is 0 Å². The maximum absolute atomic E-state index is 5.28. The molecule has 5 rings (SSSR count). The average Bonchev–Trinajstić information content (AvgIpc) is 3.12. The zero-order valence-electron chi connectivity index (χ0n) is 23.2. The summed E-state index contributed by atoms with van der Waals surface area (Å²) in [7, 11) is 0. The van der Waals surface area contributed by atoms with Gasteiger partial charge in [0.1, 0.15) is 11.5 Å². The summed E-state index contributed by atoms with van der Waals surface area (Å²) in [6, 6.07) is 11.5. The summed E-state index contributed by atoms with van der Waals surface area (Å²) >= 11 is 0. The van der Waals surface area contributed by atoms with E-state index in [0.717, 1.165) is 27.9 Å². The first kappa shape index (κ1) is 23.3. The van der Waals surface area contributed by atoms with Crippen LogP contribution < -0.4 is 0 Å². The molecule has 1 aliphatic carbocycles. The molecule has 0 atom stereocenters. The normalized spacial score (nSPS) is 19.3. The molecule has 2 aromatic heterocycles. The predicted octanol–water partition coefficient (Wildman–Crippen LogP) is 8.23. The van der Waals surface area contributed by atoms with Crippen LogP contribution in [-0.4, -0.2) is 14.4 Å². The highest BCUT2D eigenvalue weighted by molar-refractivity contribution is 5.97. The lowest BCUT2D eigenvalue weighted by molar-refractivity contribution is 0.125. The largest absolute Gasteiger partial charge is 0.279 e. The molecule has 0 aliphatic heterocycles. The maximum atomic E-state index is 5.28. The molecule has 0 radical (unpaired) electrons. The molecule has 0 saturated carbocycles. The zero-order valence-corrected chi connectivity index (χ0v) is 23.2. The number of rotatable bonds is 0. The van der Waals surface area contributed by atoms with Crippen molar-refractivity contribution in [1.29, 1.82) is 0 Å². The predicted molar refractivity (Wildman–Crippen MR) is 145 cm³/mol. The van der Waals surface area contributed by atoms with E-state index in [0.29, 0.717) is 0 Å². The first-order chi connectivity index (χ1) is 15.4. The Morgan fingerprint density at radius 1 is 0.676 bits per heavy atom. The Balaban J connectivity index is 1.94. The number of hydrogen-bond donors (Lipinski definition) is 0. The molecule has 3 nitrogen and oxygen atoms in total. The monoisotopic (exact) mass is 455 g/mol. The molecule has 2 heterocycles. The molecule has 0 spiro atoms. The molecule has 3 heteroatoms. The fraction of sp³-hybridized carbons (Fsp3) is 0.548. The topological polar surface area (TPSA) is 30.2 Å². The van der Waals surface area contributed by atoms with E-state index in [1.165, 1.54) is 22.2 Å². The van der Waals surface area contributed by atoms with E-state index in [1.807, 2.05) is 0 Å². The van der Waals surface area contributed by atoms with Gasteiger partial charge in [-0.3, -0.25) is 4.40 Å². The van der Waals surface area contributed by atoms with E-state index in [-0.39, 0.29) is 27.1 Å². The van der Waals surface area contributed by atoms with Crippen molar-refractivity contribution in [3.8, 4) is 0 Å². The fourth-order valence-corrected chi connectivity index (χ4v) is 5.95. The second-order valence-corrected chi connectivity index (χ2v) is 14.2. The summed E-state index contributed by atoms with van der Waals surface area (Å²) in [5.41, 5.74) is 8.68. The van der Waals surface area contributed by atoms with Crippen molar-refractivity contribution in [3.05, 3.63) is 52.8 Å². The van der Waals surface area contributed by atoms with Gasteiger partial charge in [0.15, 0.2) is 0 Å². The van der Waals surface area contributed by atoms with Crippen LogP contribution in [0.3, 0.4) is 0 Å². The lowest BCUT2D eigenvalue weighted by Crippen LogP contribution is -2.42. The summed E-state index contributed by atoms with van der Waals surface area (Å²) < 4.78 is 2.34. The van der Waals surface area contributed by atoms with Gasteiger partial charge in [-0.05, 0) is 62.6 Å². The van der Waals surface area contributed by atoms with E-state index >= 15 is 0 Å². The SMILES string of the molecule is CC(C)(C)c1ccc2c(c1)nc(C(C)(C)C)n1c3cc4c(cc3nc21)C(C)(C)C(C)(C)C4(C)C. The van der Waals surface area contributed by atoms with Gasteiger partial charge in [-0.15, -0.1) is 0 Å². The molecular formula is C31H41N3. The van der Waals surface area contributed by atoms with Crippen molar-refractivity contribution in [2.24, 2.45) is 5.41 Å². The standard InChI is InChI=1S/C31H41N3/c1-27(2,3)18-13-14-19-22(15-18)33-26(28(4,5)6)34-24-17-21-20(16-23(24)32-25(19)34)29(7,8)31(11,12)30(21,9)10/h13-17H,1-12H3. The van der Waals surface area contributed by atoms with E-state index in [2.05, 4.69) is 118 Å². The van der Waals surface area contributed by atoms with Crippen LogP contribution in [0.25, 0.3) is 27.6 Å². The Bertz CT molecular complexity index is 1480. The van der Waals surface area contributed by atoms with E-state index < -0.39 is 0 Å². The van der Waals surface area contributed by atoms with Crippen molar-refractivity contribution < 1.29 is 0 Å². The molecule has 0 fully saturated rings. The second-order valence-electron chi connectivity index (χ2n) is 14.2. The van der Waals surface area contributed by atoms with Gasteiger partial charge in [0.2, 0.25) is 0 Å². The Morgan fingerprint density at radius 2 is 1.26 bits per heavy atom. The van der Waals surface area contributed by atoms with Gasteiger partial charge in [-0.1, -0.05) is 89.2 Å². The van der Waals surface area contributed by atoms with Crippen molar-refractivity contribution in [2.75, 3.05) is 0 Å². The summed E-state index contributed by atoms with van der Waals surface area (Å²) in [5.74, 6) is 1.07. The summed E-state index contributed by atoms with van der Waals surface area (Å²) in [6.07, 6.45) is 0. The van der Waals surface area contributed by atoms with Gasteiger partial charge < -0.3 is 0 Å². The van der Waals surface area contributed by atoms with Crippen LogP contribution in [0.15, 0.2) is 30.3 Å². The van der Waals surface area contributed by atoms with Crippen LogP contribution in [-0.2, 0) is 21.7 Å². The van der Waals surface area contributed by atoms with Crippen LogP contribution in [0.1, 0.15) is 106 Å². The van der Waals surface area contributed by atoms with Crippen LogP contribution in [0.2, 0.25) is 0 Å². The minimum atomic E-state index is -0.120. The van der Waals surface area contributed by atoms with Gasteiger partial charge in [0.25, 0.3) is 0 Å². The van der Waals surface area contributed by atoms with Crippen molar-refractivity contribution in [1.82, 2.24) is 14.4 Å². The van der Waals surface area contributed by atoms with Crippen LogP contribution >= 0.6 is 0 Å². The Morgan fingerprint density at radius 3 is 1.82 bits per heavy atom. The highest BCUT2D eigenvalue weighted by atomic mass is 15.1. The first-order valence-electron chi connectivity index (χ1n) is 12.7. The number of benzene rings is 2. The Kier molecular flexibility index (Phi) is 4.40. The van der Waals surface area contributed by atoms with Gasteiger partial charge in [0, 0.05) is 10.8 Å². The third-order valence-electron chi connectivity index (χ3n) is 9.48. The molecule has 180 valence electrons. The molecule has 2 aromatic carbocycles. The summed E-state index contributed by atoms with van der Waals surface area (Å²) in [5, 5.41) is 1.12. The molecule has 34 heavy (non-hydrogen) atoms. The summed E-state index contributed by atoms with van der Waals surface area (Å²) in [4.78, 5) is 10.6. The quantitative estimate of drug-likeness (QED) is 0.267. The fourth-order valence-electron chi connectivity index (χ4n) is 5.95. The van der Waals surface area contributed by atoms with Gasteiger partial charge in [-0.2, -0.15) is 0 Å². The van der Waals surface area contributed by atoms with Crippen molar-refractivity contribution >= 4 is 27.6 Å². The number of nitrogens with zero attached hydrogens (tertiary/aromatic N) is 3.